The van der Waals surface area contributed by atoms with E-state index in [0.29, 0.717) is 6.61 Å². The number of carbonyl (C=O) groups is 1. The molecule has 2 saturated heterocycles. The molecule has 0 aliphatic carbocycles. The van der Waals surface area contributed by atoms with Crippen LogP contribution in [0.2, 0.25) is 0 Å². The molecule has 0 N–H and O–H groups in total. The molecule has 0 saturated carbocycles. The second kappa shape index (κ2) is 8.40. The number of ether oxygens (including phenoxy) is 3. The molecule has 3 aliphatic heterocycles. The van der Waals surface area contributed by atoms with Gasteiger partial charge in [0.25, 0.3) is 0 Å². The number of carbonyl (C=O) groups excluding carboxylic acids is 1. The second-order valence-electron chi connectivity index (χ2n) is 11.3. The van der Waals surface area contributed by atoms with Gasteiger partial charge >= 0.3 is 6.09 Å². The van der Waals surface area contributed by atoms with Crippen molar-refractivity contribution in [3.05, 3.63) is 41.5 Å². The molecule has 1 amide bonds. The highest BCUT2D eigenvalue weighted by Crippen LogP contribution is 2.55. The molecule has 0 aromatic heterocycles. The summed E-state index contributed by atoms with van der Waals surface area (Å²) in [5.41, 5.74) is 1.26. The van der Waals surface area contributed by atoms with Crippen molar-refractivity contribution in [2.45, 2.75) is 96.5 Å². The molecular formula is C27H39NO4. The van der Waals surface area contributed by atoms with Gasteiger partial charge in [-0.15, -0.1) is 0 Å². The average molecular weight is 442 g/mol. The van der Waals surface area contributed by atoms with Crippen molar-refractivity contribution in [2.24, 2.45) is 5.92 Å². The first-order chi connectivity index (χ1) is 15.0. The van der Waals surface area contributed by atoms with Gasteiger partial charge in [-0.05, 0) is 79.7 Å². The normalized spacial score (nSPS) is 31.5. The molecule has 4 rings (SSSR count). The number of hydrogen-bond acceptors (Lipinski definition) is 4. The summed E-state index contributed by atoms with van der Waals surface area (Å²) < 4.78 is 19.1. The van der Waals surface area contributed by atoms with Gasteiger partial charge < -0.3 is 19.1 Å². The van der Waals surface area contributed by atoms with Crippen LogP contribution in [0.4, 0.5) is 4.79 Å². The van der Waals surface area contributed by atoms with E-state index in [1.54, 1.807) is 0 Å². The topological polar surface area (TPSA) is 48.0 Å². The Morgan fingerprint density at radius 1 is 1.28 bits per heavy atom. The van der Waals surface area contributed by atoms with Crippen LogP contribution in [-0.4, -0.2) is 40.9 Å². The van der Waals surface area contributed by atoms with Gasteiger partial charge in [-0.25, -0.2) is 4.79 Å². The lowest BCUT2D eigenvalue weighted by molar-refractivity contribution is -0.170. The van der Waals surface area contributed by atoms with Gasteiger partial charge in [0.2, 0.25) is 0 Å². The SMILES string of the molecule is CC(C)=CCC[C@@]1(C)Oc2ccccc2[C@H]2OCC3(CCCN3C(=O)OC(C)(C)C)C[C@@H]21. The van der Waals surface area contributed by atoms with E-state index in [1.807, 2.05) is 31.7 Å². The Balaban J connectivity index is 1.65. The van der Waals surface area contributed by atoms with E-state index in [2.05, 4.69) is 45.0 Å². The third-order valence-corrected chi connectivity index (χ3v) is 7.25. The summed E-state index contributed by atoms with van der Waals surface area (Å²) in [6.45, 7) is 13.5. The molecule has 5 nitrogen and oxygen atoms in total. The monoisotopic (exact) mass is 441 g/mol. The number of nitrogens with zero attached hydrogens (tertiary/aromatic N) is 1. The summed E-state index contributed by atoms with van der Waals surface area (Å²) in [6.07, 6.45) is 6.73. The highest BCUT2D eigenvalue weighted by atomic mass is 16.6. The van der Waals surface area contributed by atoms with Gasteiger partial charge in [0.15, 0.2) is 0 Å². The molecule has 2 fully saturated rings. The molecular weight excluding hydrogens is 402 g/mol. The van der Waals surface area contributed by atoms with Crippen LogP contribution < -0.4 is 4.74 Å². The predicted octanol–water partition coefficient (Wildman–Crippen LogP) is 6.43. The molecule has 0 radical (unpaired) electrons. The lowest BCUT2D eigenvalue weighted by Crippen LogP contribution is -2.60. The Bertz CT molecular complexity index is 884. The summed E-state index contributed by atoms with van der Waals surface area (Å²) >= 11 is 0. The summed E-state index contributed by atoms with van der Waals surface area (Å²) in [6, 6.07) is 8.27. The fraction of sp³-hybridized carbons (Fsp3) is 0.667. The van der Waals surface area contributed by atoms with Crippen LogP contribution in [0.5, 0.6) is 5.75 Å². The first kappa shape index (κ1) is 23.2. The first-order valence-electron chi connectivity index (χ1n) is 12.1. The zero-order valence-electron chi connectivity index (χ0n) is 20.6. The van der Waals surface area contributed by atoms with Crippen molar-refractivity contribution in [3.8, 4) is 5.75 Å². The van der Waals surface area contributed by atoms with Gasteiger partial charge in [0, 0.05) is 18.0 Å². The minimum Gasteiger partial charge on any atom is -0.487 e. The first-order valence-corrected chi connectivity index (χ1v) is 12.1. The second-order valence-corrected chi connectivity index (χ2v) is 11.3. The molecule has 1 unspecified atom stereocenters. The van der Waals surface area contributed by atoms with E-state index in [4.69, 9.17) is 14.2 Å². The number of amides is 1. The summed E-state index contributed by atoms with van der Waals surface area (Å²) in [7, 11) is 0. The van der Waals surface area contributed by atoms with E-state index in [9.17, 15) is 4.79 Å². The lowest BCUT2D eigenvalue weighted by atomic mass is 9.68. The maximum absolute atomic E-state index is 13.1. The van der Waals surface area contributed by atoms with Gasteiger partial charge in [0.1, 0.15) is 17.0 Å². The lowest BCUT2D eigenvalue weighted by Gasteiger charge is -2.54. The molecule has 32 heavy (non-hydrogen) atoms. The molecule has 0 bridgehead atoms. The zero-order chi connectivity index (χ0) is 23.1. The predicted molar refractivity (Wildman–Crippen MR) is 126 cm³/mol. The number of rotatable bonds is 3. The number of hydrogen-bond donors (Lipinski definition) is 0. The van der Waals surface area contributed by atoms with Gasteiger partial charge in [-0.2, -0.15) is 0 Å². The molecule has 1 spiro atoms. The number of allylic oxidation sites excluding steroid dienone is 2. The number of fused-ring (bicyclic) bond motifs is 3. The van der Waals surface area contributed by atoms with Crippen molar-refractivity contribution >= 4 is 6.09 Å². The van der Waals surface area contributed by atoms with Crippen LogP contribution in [0.25, 0.3) is 0 Å². The number of likely N-dealkylation sites (tertiary alicyclic amines) is 1. The van der Waals surface area contributed by atoms with Crippen LogP contribution in [-0.2, 0) is 9.47 Å². The Hall–Kier alpha value is -2.01. The van der Waals surface area contributed by atoms with Gasteiger partial charge in [-0.3, -0.25) is 0 Å². The quantitative estimate of drug-likeness (QED) is 0.507. The smallest absolute Gasteiger partial charge is 0.410 e. The largest absolute Gasteiger partial charge is 0.487 e. The van der Waals surface area contributed by atoms with Crippen LogP contribution in [0.15, 0.2) is 35.9 Å². The Kier molecular flexibility index (Phi) is 6.08. The minimum atomic E-state index is -0.509. The minimum absolute atomic E-state index is 0.0108. The van der Waals surface area contributed by atoms with E-state index in [-0.39, 0.29) is 29.3 Å². The van der Waals surface area contributed by atoms with Crippen LogP contribution >= 0.6 is 0 Å². The van der Waals surface area contributed by atoms with Crippen LogP contribution in [0, 0.1) is 5.92 Å². The van der Waals surface area contributed by atoms with Crippen LogP contribution in [0.1, 0.15) is 85.3 Å². The number of benzene rings is 1. The Morgan fingerprint density at radius 3 is 2.75 bits per heavy atom. The van der Waals surface area contributed by atoms with Gasteiger partial charge in [0.05, 0.1) is 18.2 Å². The number of para-hydroxylation sites is 1. The molecule has 1 aromatic rings. The van der Waals surface area contributed by atoms with Crippen molar-refractivity contribution in [3.63, 3.8) is 0 Å². The Morgan fingerprint density at radius 2 is 2.03 bits per heavy atom. The Labute approximate surface area is 193 Å². The molecule has 176 valence electrons. The zero-order valence-corrected chi connectivity index (χ0v) is 20.6. The maximum Gasteiger partial charge on any atom is 0.410 e. The molecule has 1 aromatic carbocycles. The van der Waals surface area contributed by atoms with Gasteiger partial charge in [-0.1, -0.05) is 29.8 Å². The molecule has 4 atom stereocenters. The summed E-state index contributed by atoms with van der Waals surface area (Å²) in [5, 5.41) is 0. The van der Waals surface area contributed by atoms with E-state index in [0.717, 1.165) is 50.0 Å². The van der Waals surface area contributed by atoms with Crippen molar-refractivity contribution < 1.29 is 19.0 Å². The van der Waals surface area contributed by atoms with E-state index in [1.165, 1.54) is 5.57 Å². The fourth-order valence-electron chi connectivity index (χ4n) is 5.70. The summed E-state index contributed by atoms with van der Waals surface area (Å²) in [4.78, 5) is 15.1. The molecule has 3 heterocycles. The third kappa shape index (κ3) is 4.41. The van der Waals surface area contributed by atoms with Crippen LogP contribution in [0.3, 0.4) is 0 Å². The molecule has 5 heteroatoms. The average Bonchev–Trinajstić information content (AvgIpc) is 3.10. The summed E-state index contributed by atoms with van der Waals surface area (Å²) in [5.74, 6) is 1.10. The van der Waals surface area contributed by atoms with Crippen molar-refractivity contribution in [1.82, 2.24) is 4.90 Å². The third-order valence-electron chi connectivity index (χ3n) is 7.25. The highest BCUT2D eigenvalue weighted by Gasteiger charge is 2.57. The van der Waals surface area contributed by atoms with Crippen molar-refractivity contribution in [2.75, 3.05) is 13.2 Å². The molecule has 3 aliphatic rings. The maximum atomic E-state index is 13.1. The highest BCUT2D eigenvalue weighted by molar-refractivity contribution is 5.70. The standard InChI is InChI=1S/C27H39NO4/c1-19(2)11-9-14-26(6)21-17-27(15-10-16-28(27)24(29)32-25(3,4)5)18-30-23(21)20-12-7-8-13-22(20)31-26/h7-8,11-13,21,23H,9-10,14-18H2,1-6H3/t21-,23+,26+,27?/m0/s1. The van der Waals surface area contributed by atoms with E-state index < -0.39 is 5.60 Å². The fourth-order valence-corrected chi connectivity index (χ4v) is 5.70. The van der Waals surface area contributed by atoms with Crippen molar-refractivity contribution in [1.29, 1.82) is 0 Å². The van der Waals surface area contributed by atoms with E-state index >= 15 is 0 Å².